The lowest BCUT2D eigenvalue weighted by atomic mass is 10.2. The van der Waals surface area contributed by atoms with E-state index in [1.54, 1.807) is 7.11 Å². The molecule has 16 heavy (non-hydrogen) atoms. The molecule has 0 radical (unpaired) electrons. The van der Waals surface area contributed by atoms with Gasteiger partial charge in [-0.2, -0.15) is 16.9 Å². The van der Waals surface area contributed by atoms with E-state index in [2.05, 4.69) is 14.8 Å². The Morgan fingerprint density at radius 1 is 1.62 bits per heavy atom. The maximum absolute atomic E-state index is 5.24. The van der Waals surface area contributed by atoms with E-state index in [1.807, 2.05) is 11.8 Å². The molecule has 0 aliphatic carbocycles. The molecule has 1 N–H and O–H groups in total. The molecule has 1 saturated heterocycles. The van der Waals surface area contributed by atoms with Crippen molar-refractivity contribution in [2.45, 2.75) is 31.1 Å². The van der Waals surface area contributed by atoms with Gasteiger partial charge < -0.3 is 9.30 Å². The first-order chi connectivity index (χ1) is 7.83. The number of aromatic nitrogens is 3. The highest BCUT2D eigenvalue weighted by atomic mass is 32.2. The lowest BCUT2D eigenvalue weighted by Crippen LogP contribution is -2.13. The van der Waals surface area contributed by atoms with Gasteiger partial charge in [0.2, 0.25) is 0 Å². The summed E-state index contributed by atoms with van der Waals surface area (Å²) in [7, 11) is 1.71. The Morgan fingerprint density at radius 3 is 3.19 bits per heavy atom. The molecule has 0 amide bonds. The third kappa shape index (κ3) is 2.67. The van der Waals surface area contributed by atoms with Gasteiger partial charge in [0.1, 0.15) is 5.82 Å². The summed E-state index contributed by atoms with van der Waals surface area (Å²) in [6.07, 6.45) is 3.82. The van der Waals surface area contributed by atoms with Crippen LogP contribution in [0.3, 0.4) is 0 Å². The lowest BCUT2D eigenvalue weighted by Gasteiger charge is -2.20. The average Bonchev–Trinajstić information content (AvgIpc) is 2.69. The second kappa shape index (κ2) is 5.84. The van der Waals surface area contributed by atoms with Crippen LogP contribution in [0.1, 0.15) is 30.3 Å². The molecule has 6 heteroatoms. The maximum atomic E-state index is 5.24. The number of aromatic amines is 1. The second-order valence-corrected chi connectivity index (χ2v) is 5.58. The normalized spacial score (nSPS) is 21.2. The number of H-pyrrole nitrogens is 1. The number of nitrogens with one attached hydrogen (secondary N) is 1. The van der Waals surface area contributed by atoms with Gasteiger partial charge >= 0.3 is 0 Å². The zero-order valence-electron chi connectivity index (χ0n) is 9.44. The maximum Gasteiger partial charge on any atom is 0.195 e. The Balaban J connectivity index is 2.15. The summed E-state index contributed by atoms with van der Waals surface area (Å²) >= 11 is 7.22. The predicted molar refractivity (Wildman–Crippen MR) is 68.3 cm³/mol. The van der Waals surface area contributed by atoms with E-state index in [4.69, 9.17) is 17.0 Å². The average molecular weight is 259 g/mol. The first-order valence-electron chi connectivity index (χ1n) is 5.58. The molecule has 1 fully saturated rings. The van der Waals surface area contributed by atoms with Gasteiger partial charge in [0.05, 0.1) is 18.4 Å². The summed E-state index contributed by atoms with van der Waals surface area (Å²) < 4.78 is 7.87. The molecule has 1 aliphatic rings. The quantitative estimate of drug-likeness (QED) is 0.844. The van der Waals surface area contributed by atoms with E-state index in [0.717, 1.165) is 12.4 Å². The fourth-order valence-corrected chi connectivity index (χ4v) is 3.47. The monoisotopic (exact) mass is 259 g/mol. The second-order valence-electron chi connectivity index (χ2n) is 3.89. The summed E-state index contributed by atoms with van der Waals surface area (Å²) in [6.45, 7) is 1.47. The molecule has 0 aromatic carbocycles. The van der Waals surface area contributed by atoms with Crippen molar-refractivity contribution in [1.29, 1.82) is 0 Å². The van der Waals surface area contributed by atoms with E-state index >= 15 is 0 Å². The fourth-order valence-electron chi connectivity index (χ4n) is 1.92. The SMILES string of the molecule is COCCn1c(C2CCCCS2)n[nH]c1=S. The first-order valence-corrected chi connectivity index (χ1v) is 7.04. The molecule has 0 spiro atoms. The Labute approximate surface area is 105 Å². The Kier molecular flexibility index (Phi) is 4.43. The molecule has 0 bridgehead atoms. The summed E-state index contributed by atoms with van der Waals surface area (Å²) in [4.78, 5) is 0. The summed E-state index contributed by atoms with van der Waals surface area (Å²) in [5, 5.41) is 7.75. The van der Waals surface area contributed by atoms with Gasteiger partial charge in [0, 0.05) is 7.11 Å². The van der Waals surface area contributed by atoms with Crippen molar-refractivity contribution >= 4 is 24.0 Å². The van der Waals surface area contributed by atoms with Crippen LogP contribution in [0.2, 0.25) is 0 Å². The van der Waals surface area contributed by atoms with E-state index in [9.17, 15) is 0 Å². The van der Waals surface area contributed by atoms with Crippen molar-refractivity contribution in [2.75, 3.05) is 19.5 Å². The molecular weight excluding hydrogens is 242 g/mol. The molecule has 1 aliphatic heterocycles. The number of methoxy groups -OCH3 is 1. The fraction of sp³-hybridized carbons (Fsp3) is 0.800. The first kappa shape index (κ1) is 12.1. The Bertz CT molecular complexity index is 382. The lowest BCUT2D eigenvalue weighted by molar-refractivity contribution is 0.185. The zero-order chi connectivity index (χ0) is 11.4. The summed E-state index contributed by atoms with van der Waals surface area (Å²) in [6, 6.07) is 0. The van der Waals surface area contributed by atoms with Gasteiger partial charge in [0.25, 0.3) is 0 Å². The van der Waals surface area contributed by atoms with E-state index in [1.165, 1.54) is 25.0 Å². The van der Waals surface area contributed by atoms with Crippen LogP contribution in [-0.4, -0.2) is 34.2 Å². The molecule has 2 heterocycles. The Morgan fingerprint density at radius 2 is 2.50 bits per heavy atom. The van der Waals surface area contributed by atoms with Crippen LogP contribution in [0.5, 0.6) is 0 Å². The number of thioether (sulfide) groups is 1. The van der Waals surface area contributed by atoms with E-state index in [0.29, 0.717) is 16.6 Å². The van der Waals surface area contributed by atoms with Crippen LogP contribution in [0.4, 0.5) is 0 Å². The third-order valence-electron chi connectivity index (χ3n) is 2.77. The molecule has 2 rings (SSSR count). The van der Waals surface area contributed by atoms with Gasteiger partial charge in [-0.25, -0.2) is 0 Å². The van der Waals surface area contributed by atoms with Crippen LogP contribution in [0, 0.1) is 4.77 Å². The van der Waals surface area contributed by atoms with Gasteiger partial charge in [0.15, 0.2) is 4.77 Å². The molecule has 1 aromatic rings. The standard InChI is InChI=1S/C10H17N3OS2/c1-14-6-5-13-9(11-12-10(13)15)8-4-2-3-7-16-8/h8H,2-7H2,1H3,(H,12,15). The highest BCUT2D eigenvalue weighted by Crippen LogP contribution is 2.37. The van der Waals surface area contributed by atoms with Crippen molar-refractivity contribution in [3.63, 3.8) is 0 Å². The van der Waals surface area contributed by atoms with Crippen LogP contribution >= 0.6 is 24.0 Å². The number of hydrogen-bond acceptors (Lipinski definition) is 4. The minimum Gasteiger partial charge on any atom is -0.383 e. The van der Waals surface area contributed by atoms with Crippen LogP contribution in [0.25, 0.3) is 0 Å². The van der Waals surface area contributed by atoms with E-state index in [-0.39, 0.29) is 0 Å². The van der Waals surface area contributed by atoms with Crippen LogP contribution in [-0.2, 0) is 11.3 Å². The topological polar surface area (TPSA) is 42.8 Å². The predicted octanol–water partition coefficient (Wildman–Crippen LogP) is 2.55. The smallest absolute Gasteiger partial charge is 0.195 e. The number of nitrogens with zero attached hydrogens (tertiary/aromatic N) is 2. The van der Waals surface area contributed by atoms with Gasteiger partial charge in [-0.15, -0.1) is 0 Å². The minimum absolute atomic E-state index is 0.499. The van der Waals surface area contributed by atoms with Gasteiger partial charge in [-0.3, -0.25) is 5.10 Å². The molecular formula is C10H17N3OS2. The molecule has 1 aromatic heterocycles. The van der Waals surface area contributed by atoms with Crippen LogP contribution < -0.4 is 0 Å². The number of ether oxygens (including phenoxy) is 1. The highest BCUT2D eigenvalue weighted by molar-refractivity contribution is 7.99. The Hall–Kier alpha value is -0.330. The molecule has 1 atom stereocenters. The van der Waals surface area contributed by atoms with Crippen molar-refractivity contribution in [1.82, 2.24) is 14.8 Å². The van der Waals surface area contributed by atoms with Crippen molar-refractivity contribution < 1.29 is 4.74 Å². The number of hydrogen-bond donors (Lipinski definition) is 1. The zero-order valence-corrected chi connectivity index (χ0v) is 11.1. The molecule has 1 unspecified atom stereocenters. The van der Waals surface area contributed by atoms with Crippen LogP contribution in [0.15, 0.2) is 0 Å². The molecule has 90 valence electrons. The molecule has 0 saturated carbocycles. The number of rotatable bonds is 4. The van der Waals surface area contributed by atoms with Crippen molar-refractivity contribution in [3.05, 3.63) is 10.6 Å². The summed E-state index contributed by atoms with van der Waals surface area (Å²) in [5.41, 5.74) is 0. The highest BCUT2D eigenvalue weighted by Gasteiger charge is 2.21. The van der Waals surface area contributed by atoms with Crippen molar-refractivity contribution in [2.24, 2.45) is 0 Å². The van der Waals surface area contributed by atoms with Crippen molar-refractivity contribution in [3.8, 4) is 0 Å². The van der Waals surface area contributed by atoms with E-state index < -0.39 is 0 Å². The summed E-state index contributed by atoms with van der Waals surface area (Å²) in [5.74, 6) is 2.32. The minimum atomic E-state index is 0.499. The third-order valence-corrected chi connectivity index (χ3v) is 4.46. The van der Waals surface area contributed by atoms with Gasteiger partial charge in [-0.1, -0.05) is 6.42 Å². The van der Waals surface area contributed by atoms with Gasteiger partial charge in [-0.05, 0) is 30.8 Å². The largest absolute Gasteiger partial charge is 0.383 e. The molecule has 4 nitrogen and oxygen atoms in total.